The second kappa shape index (κ2) is 7.49. The van der Waals surface area contributed by atoms with Crippen molar-refractivity contribution in [1.82, 2.24) is 10.6 Å². The number of carbonyl (C=O) groups excluding carboxylic acids is 1. The van der Waals surface area contributed by atoms with Gasteiger partial charge in [0.25, 0.3) is 0 Å². The third-order valence-corrected chi connectivity index (χ3v) is 4.50. The fraction of sp³-hybridized carbons (Fsp3) is 0.588. The van der Waals surface area contributed by atoms with Crippen molar-refractivity contribution >= 4 is 11.7 Å². The van der Waals surface area contributed by atoms with E-state index in [1.807, 2.05) is 32.0 Å². The van der Waals surface area contributed by atoms with Gasteiger partial charge in [-0.1, -0.05) is 25.1 Å². The van der Waals surface area contributed by atoms with Gasteiger partial charge >= 0.3 is 6.03 Å². The minimum absolute atomic E-state index is 0.0792. The maximum Gasteiger partial charge on any atom is 0.315 e. The molecule has 3 N–H and O–H groups in total. The highest BCUT2D eigenvalue weighted by molar-refractivity contribution is 5.75. The van der Waals surface area contributed by atoms with Gasteiger partial charge in [-0.05, 0) is 38.3 Å². The smallest absolute Gasteiger partial charge is 0.315 e. The predicted octanol–water partition coefficient (Wildman–Crippen LogP) is 2.12. The van der Waals surface area contributed by atoms with Gasteiger partial charge in [0, 0.05) is 37.0 Å². The summed E-state index contributed by atoms with van der Waals surface area (Å²) in [7, 11) is 0. The zero-order valence-electron chi connectivity index (χ0n) is 13.5. The molecule has 2 unspecified atom stereocenters. The van der Waals surface area contributed by atoms with Crippen LogP contribution in [-0.4, -0.2) is 42.4 Å². The number of para-hydroxylation sites is 1. The number of nitrogens with zero attached hydrogens (tertiary/aromatic N) is 1. The topological polar surface area (TPSA) is 64.6 Å². The second-order valence-electron chi connectivity index (χ2n) is 6.25. The van der Waals surface area contributed by atoms with Gasteiger partial charge in [0.2, 0.25) is 0 Å². The van der Waals surface area contributed by atoms with Crippen LogP contribution in [0.3, 0.4) is 0 Å². The van der Waals surface area contributed by atoms with Crippen LogP contribution in [0.4, 0.5) is 10.5 Å². The van der Waals surface area contributed by atoms with Gasteiger partial charge in [-0.3, -0.25) is 0 Å². The molecule has 1 aliphatic heterocycles. The van der Waals surface area contributed by atoms with Crippen molar-refractivity contribution in [1.29, 1.82) is 0 Å². The summed E-state index contributed by atoms with van der Waals surface area (Å²) in [5, 5.41) is 15.2. The average Bonchev–Trinajstić information content (AvgIpc) is 2.96. The third kappa shape index (κ3) is 4.37. The van der Waals surface area contributed by atoms with E-state index in [9.17, 15) is 4.79 Å². The molecule has 0 bridgehead atoms. The SMILES string of the molecule is CCC(C)(CCO)NC(=O)NC1CCN(c2ccccc2)C1. The summed E-state index contributed by atoms with van der Waals surface area (Å²) in [6.07, 6.45) is 2.31. The Hall–Kier alpha value is -1.75. The summed E-state index contributed by atoms with van der Waals surface area (Å²) in [5.74, 6) is 0. The number of aliphatic hydroxyl groups is 1. The van der Waals surface area contributed by atoms with Crippen LogP contribution in [0.15, 0.2) is 30.3 Å². The molecule has 2 amide bonds. The number of anilines is 1. The number of nitrogens with one attached hydrogen (secondary N) is 2. The molecule has 2 atom stereocenters. The van der Waals surface area contributed by atoms with Crippen molar-refractivity contribution in [2.75, 3.05) is 24.6 Å². The largest absolute Gasteiger partial charge is 0.396 e. The van der Waals surface area contributed by atoms with E-state index in [0.29, 0.717) is 6.42 Å². The number of amides is 2. The highest BCUT2D eigenvalue weighted by atomic mass is 16.3. The first-order valence-electron chi connectivity index (χ1n) is 8.06. The maximum atomic E-state index is 12.2. The lowest BCUT2D eigenvalue weighted by atomic mass is 9.95. The normalized spacial score (nSPS) is 20.5. The average molecular weight is 305 g/mol. The van der Waals surface area contributed by atoms with Crippen molar-refractivity contribution in [3.63, 3.8) is 0 Å². The molecule has 2 rings (SSSR count). The molecule has 1 fully saturated rings. The minimum Gasteiger partial charge on any atom is -0.396 e. The molecule has 5 nitrogen and oxygen atoms in total. The Bertz CT molecular complexity index is 480. The zero-order valence-corrected chi connectivity index (χ0v) is 13.5. The molecular formula is C17H27N3O2. The Morgan fingerprint density at radius 1 is 1.41 bits per heavy atom. The number of benzene rings is 1. The van der Waals surface area contributed by atoms with E-state index in [1.165, 1.54) is 5.69 Å². The van der Waals surface area contributed by atoms with Gasteiger partial charge in [0.15, 0.2) is 0 Å². The molecule has 22 heavy (non-hydrogen) atoms. The number of hydrogen-bond acceptors (Lipinski definition) is 3. The van der Waals surface area contributed by atoms with Gasteiger partial charge in [-0.2, -0.15) is 0 Å². The van der Waals surface area contributed by atoms with Crippen molar-refractivity contribution in [3.05, 3.63) is 30.3 Å². The Balaban J connectivity index is 1.83. The Labute approximate surface area is 132 Å². The first kappa shape index (κ1) is 16.6. The summed E-state index contributed by atoms with van der Waals surface area (Å²) < 4.78 is 0. The Morgan fingerprint density at radius 3 is 2.77 bits per heavy atom. The van der Waals surface area contributed by atoms with Gasteiger partial charge in [-0.25, -0.2) is 4.79 Å². The van der Waals surface area contributed by atoms with E-state index in [-0.39, 0.29) is 24.2 Å². The van der Waals surface area contributed by atoms with Crippen molar-refractivity contribution in [2.24, 2.45) is 0 Å². The zero-order chi connectivity index (χ0) is 16.0. The molecule has 5 heteroatoms. The van der Waals surface area contributed by atoms with Crippen molar-refractivity contribution in [3.8, 4) is 0 Å². The van der Waals surface area contributed by atoms with Crippen molar-refractivity contribution in [2.45, 2.75) is 44.7 Å². The molecule has 0 aliphatic carbocycles. The van der Waals surface area contributed by atoms with E-state index < -0.39 is 0 Å². The van der Waals surface area contributed by atoms with Crippen LogP contribution in [0, 0.1) is 0 Å². The lowest BCUT2D eigenvalue weighted by Gasteiger charge is -2.29. The molecule has 0 radical (unpaired) electrons. The number of aliphatic hydroxyl groups excluding tert-OH is 1. The quantitative estimate of drug-likeness (QED) is 0.754. The molecule has 1 heterocycles. The third-order valence-electron chi connectivity index (χ3n) is 4.50. The second-order valence-corrected chi connectivity index (χ2v) is 6.25. The molecule has 122 valence electrons. The molecule has 1 aromatic rings. The summed E-state index contributed by atoms with van der Waals surface area (Å²) in [4.78, 5) is 14.5. The van der Waals surface area contributed by atoms with E-state index in [0.717, 1.165) is 25.9 Å². The number of urea groups is 1. The molecule has 1 aliphatic rings. The predicted molar refractivity (Wildman–Crippen MR) is 89.1 cm³/mol. The lowest BCUT2D eigenvalue weighted by Crippen LogP contribution is -2.53. The molecule has 0 saturated carbocycles. The van der Waals surface area contributed by atoms with Gasteiger partial charge in [0.1, 0.15) is 0 Å². The summed E-state index contributed by atoms with van der Waals surface area (Å²) in [6, 6.07) is 10.3. The van der Waals surface area contributed by atoms with Gasteiger partial charge < -0.3 is 20.6 Å². The Kier molecular flexibility index (Phi) is 5.66. The molecular weight excluding hydrogens is 278 g/mol. The lowest BCUT2D eigenvalue weighted by molar-refractivity contribution is 0.199. The maximum absolute atomic E-state index is 12.2. The Morgan fingerprint density at radius 2 is 2.14 bits per heavy atom. The van der Waals surface area contributed by atoms with E-state index in [4.69, 9.17) is 5.11 Å². The monoisotopic (exact) mass is 305 g/mol. The summed E-state index contributed by atoms with van der Waals surface area (Å²) in [5.41, 5.74) is 0.849. The fourth-order valence-electron chi connectivity index (χ4n) is 2.82. The minimum atomic E-state index is -0.351. The van der Waals surface area contributed by atoms with Gasteiger partial charge in [-0.15, -0.1) is 0 Å². The van der Waals surface area contributed by atoms with E-state index in [2.05, 4.69) is 27.7 Å². The van der Waals surface area contributed by atoms with Crippen LogP contribution in [-0.2, 0) is 0 Å². The number of rotatable bonds is 6. The van der Waals surface area contributed by atoms with E-state index in [1.54, 1.807) is 0 Å². The molecule has 1 aromatic carbocycles. The van der Waals surface area contributed by atoms with Crippen molar-refractivity contribution < 1.29 is 9.90 Å². The summed E-state index contributed by atoms with van der Waals surface area (Å²) >= 11 is 0. The highest BCUT2D eigenvalue weighted by Crippen LogP contribution is 2.20. The molecule has 0 spiro atoms. The van der Waals surface area contributed by atoms with Gasteiger partial charge in [0.05, 0.1) is 0 Å². The molecule has 0 aromatic heterocycles. The molecule has 1 saturated heterocycles. The van der Waals surface area contributed by atoms with Crippen LogP contribution >= 0.6 is 0 Å². The van der Waals surface area contributed by atoms with E-state index >= 15 is 0 Å². The standard InChI is InChI=1S/C17H27N3O2/c1-3-17(2,10-12-21)19-16(22)18-14-9-11-20(13-14)15-7-5-4-6-8-15/h4-8,14,21H,3,9-13H2,1-2H3,(H2,18,19,22). The first-order chi connectivity index (χ1) is 10.6. The van der Waals surface area contributed by atoms with Crippen LogP contribution in [0.25, 0.3) is 0 Å². The number of hydrogen-bond donors (Lipinski definition) is 3. The van der Waals surface area contributed by atoms with Crippen LogP contribution in [0.1, 0.15) is 33.1 Å². The summed E-state index contributed by atoms with van der Waals surface area (Å²) in [6.45, 7) is 5.85. The number of carbonyl (C=O) groups is 1. The van der Waals surface area contributed by atoms with Crippen LogP contribution in [0.5, 0.6) is 0 Å². The fourth-order valence-corrected chi connectivity index (χ4v) is 2.82. The first-order valence-corrected chi connectivity index (χ1v) is 8.06. The van der Waals surface area contributed by atoms with Crippen LogP contribution < -0.4 is 15.5 Å². The highest BCUT2D eigenvalue weighted by Gasteiger charge is 2.27. The van der Waals surface area contributed by atoms with Crippen LogP contribution in [0.2, 0.25) is 0 Å².